The third-order valence-electron chi connectivity index (χ3n) is 3.58. The Kier molecular flexibility index (Phi) is 5.64. The summed E-state index contributed by atoms with van der Waals surface area (Å²) in [5, 5.41) is 3.30. The molecule has 2 aromatic rings. The summed E-state index contributed by atoms with van der Waals surface area (Å²) in [6.45, 7) is 2.70. The molecule has 0 aliphatic carbocycles. The maximum atomic E-state index is 5.87. The maximum absolute atomic E-state index is 5.87. The smallest absolute Gasteiger partial charge is 0.161 e. The lowest BCUT2D eigenvalue weighted by atomic mass is 10.0. The topological polar surface area (TPSA) is 30.5 Å². The standard InChI is InChI=1S/C18H23NO2/c1-4-16(19-2)15-10-11-17(18(12-15)20-3)21-13-14-8-6-5-7-9-14/h5-12,16,19H,4,13H2,1-3H3. The minimum atomic E-state index is 0.335. The van der Waals surface area contributed by atoms with Gasteiger partial charge >= 0.3 is 0 Å². The highest BCUT2D eigenvalue weighted by Gasteiger charge is 2.11. The summed E-state index contributed by atoms with van der Waals surface area (Å²) in [5.74, 6) is 1.55. The number of nitrogens with one attached hydrogen (secondary N) is 1. The molecule has 112 valence electrons. The molecule has 1 unspecified atom stereocenters. The molecule has 0 aliphatic rings. The molecule has 0 fully saturated rings. The summed E-state index contributed by atoms with van der Waals surface area (Å²) in [5.41, 5.74) is 2.36. The highest BCUT2D eigenvalue weighted by molar-refractivity contribution is 5.44. The van der Waals surface area contributed by atoms with Crippen LogP contribution < -0.4 is 14.8 Å². The Labute approximate surface area is 126 Å². The summed E-state index contributed by atoms with van der Waals surface area (Å²) in [6, 6.07) is 16.6. The zero-order valence-electron chi connectivity index (χ0n) is 12.9. The van der Waals surface area contributed by atoms with Crippen molar-refractivity contribution < 1.29 is 9.47 Å². The number of ether oxygens (including phenoxy) is 2. The fourth-order valence-electron chi connectivity index (χ4n) is 2.36. The molecule has 2 rings (SSSR count). The molecular formula is C18H23NO2. The summed E-state index contributed by atoms with van der Waals surface area (Å²) in [7, 11) is 3.65. The molecule has 3 heteroatoms. The second-order valence-electron chi connectivity index (χ2n) is 4.93. The average Bonchev–Trinajstić information content (AvgIpc) is 2.55. The molecular weight excluding hydrogens is 262 g/mol. The molecule has 0 heterocycles. The van der Waals surface area contributed by atoms with Crippen LogP contribution in [0.15, 0.2) is 48.5 Å². The Bertz CT molecular complexity index is 550. The summed E-state index contributed by atoms with van der Waals surface area (Å²) >= 11 is 0. The highest BCUT2D eigenvalue weighted by atomic mass is 16.5. The quantitative estimate of drug-likeness (QED) is 0.835. The SMILES string of the molecule is CCC(NC)c1ccc(OCc2ccccc2)c(OC)c1. The minimum Gasteiger partial charge on any atom is -0.493 e. The Balaban J connectivity index is 2.13. The van der Waals surface area contributed by atoms with E-state index in [1.165, 1.54) is 5.56 Å². The van der Waals surface area contributed by atoms with Crippen LogP contribution in [0.4, 0.5) is 0 Å². The number of rotatable bonds is 7. The second kappa shape index (κ2) is 7.70. The molecule has 1 N–H and O–H groups in total. The lowest BCUT2D eigenvalue weighted by Crippen LogP contribution is -2.15. The van der Waals surface area contributed by atoms with Crippen molar-refractivity contribution in [2.45, 2.75) is 26.0 Å². The lowest BCUT2D eigenvalue weighted by Gasteiger charge is -2.17. The molecule has 21 heavy (non-hydrogen) atoms. The zero-order valence-corrected chi connectivity index (χ0v) is 12.9. The molecule has 0 amide bonds. The minimum absolute atomic E-state index is 0.335. The molecule has 0 spiro atoms. The molecule has 2 aromatic carbocycles. The average molecular weight is 285 g/mol. The first-order valence-corrected chi connectivity index (χ1v) is 7.30. The molecule has 0 aromatic heterocycles. The summed E-state index contributed by atoms with van der Waals surface area (Å²) in [4.78, 5) is 0. The summed E-state index contributed by atoms with van der Waals surface area (Å²) in [6.07, 6.45) is 1.03. The predicted molar refractivity (Wildman–Crippen MR) is 85.9 cm³/mol. The van der Waals surface area contributed by atoms with Gasteiger partial charge in [0.1, 0.15) is 6.61 Å². The Morgan fingerprint density at radius 3 is 2.43 bits per heavy atom. The van der Waals surface area contributed by atoms with E-state index in [9.17, 15) is 0 Å². The molecule has 3 nitrogen and oxygen atoms in total. The van der Waals surface area contributed by atoms with Crippen LogP contribution >= 0.6 is 0 Å². The van der Waals surface area contributed by atoms with Gasteiger partial charge in [-0.2, -0.15) is 0 Å². The first-order valence-electron chi connectivity index (χ1n) is 7.30. The Morgan fingerprint density at radius 2 is 1.81 bits per heavy atom. The largest absolute Gasteiger partial charge is 0.493 e. The van der Waals surface area contributed by atoms with Gasteiger partial charge in [-0.1, -0.05) is 43.3 Å². The number of benzene rings is 2. The zero-order chi connectivity index (χ0) is 15.1. The van der Waals surface area contributed by atoms with Gasteiger partial charge in [0.05, 0.1) is 7.11 Å². The third kappa shape index (κ3) is 3.99. The van der Waals surface area contributed by atoms with E-state index in [-0.39, 0.29) is 0 Å². The van der Waals surface area contributed by atoms with Crippen LogP contribution in [0.2, 0.25) is 0 Å². The molecule has 0 bridgehead atoms. The summed E-state index contributed by atoms with van der Waals surface area (Å²) < 4.78 is 11.3. The second-order valence-corrected chi connectivity index (χ2v) is 4.93. The monoisotopic (exact) mass is 285 g/mol. The van der Waals surface area contributed by atoms with Crippen LogP contribution in [0, 0.1) is 0 Å². The van der Waals surface area contributed by atoms with Gasteiger partial charge in [0, 0.05) is 6.04 Å². The van der Waals surface area contributed by atoms with Gasteiger partial charge in [0.25, 0.3) is 0 Å². The normalized spacial score (nSPS) is 12.0. The van der Waals surface area contributed by atoms with Crippen molar-refractivity contribution in [3.8, 4) is 11.5 Å². The Morgan fingerprint density at radius 1 is 1.05 bits per heavy atom. The van der Waals surface area contributed by atoms with E-state index in [4.69, 9.17) is 9.47 Å². The van der Waals surface area contributed by atoms with Gasteiger partial charge in [0.2, 0.25) is 0 Å². The number of hydrogen-bond donors (Lipinski definition) is 1. The van der Waals surface area contributed by atoms with Crippen LogP contribution in [0.5, 0.6) is 11.5 Å². The van der Waals surface area contributed by atoms with E-state index in [0.29, 0.717) is 12.6 Å². The van der Waals surface area contributed by atoms with Gasteiger partial charge in [-0.25, -0.2) is 0 Å². The molecule has 0 saturated heterocycles. The van der Waals surface area contributed by atoms with Crippen molar-refractivity contribution in [1.29, 1.82) is 0 Å². The number of hydrogen-bond acceptors (Lipinski definition) is 3. The Hall–Kier alpha value is -2.00. The van der Waals surface area contributed by atoms with Crippen molar-refractivity contribution in [3.05, 3.63) is 59.7 Å². The van der Waals surface area contributed by atoms with E-state index in [0.717, 1.165) is 23.5 Å². The van der Waals surface area contributed by atoms with Crippen molar-refractivity contribution >= 4 is 0 Å². The van der Waals surface area contributed by atoms with Gasteiger partial charge in [-0.05, 0) is 36.7 Å². The van der Waals surface area contributed by atoms with Crippen molar-refractivity contribution in [1.82, 2.24) is 5.32 Å². The van der Waals surface area contributed by atoms with E-state index in [1.807, 2.05) is 37.4 Å². The predicted octanol–water partition coefficient (Wildman–Crippen LogP) is 3.94. The van der Waals surface area contributed by atoms with Crippen LogP contribution in [0.1, 0.15) is 30.5 Å². The lowest BCUT2D eigenvalue weighted by molar-refractivity contribution is 0.284. The van der Waals surface area contributed by atoms with E-state index in [2.05, 4.69) is 30.4 Å². The van der Waals surface area contributed by atoms with E-state index >= 15 is 0 Å². The van der Waals surface area contributed by atoms with Crippen LogP contribution in [-0.4, -0.2) is 14.2 Å². The maximum Gasteiger partial charge on any atom is 0.161 e. The van der Waals surface area contributed by atoms with Crippen molar-refractivity contribution in [3.63, 3.8) is 0 Å². The van der Waals surface area contributed by atoms with E-state index in [1.54, 1.807) is 7.11 Å². The van der Waals surface area contributed by atoms with Gasteiger partial charge in [0.15, 0.2) is 11.5 Å². The first kappa shape index (κ1) is 15.4. The first-order chi connectivity index (χ1) is 10.3. The van der Waals surface area contributed by atoms with Crippen LogP contribution in [0.3, 0.4) is 0 Å². The fourth-order valence-corrected chi connectivity index (χ4v) is 2.36. The van der Waals surface area contributed by atoms with E-state index < -0.39 is 0 Å². The van der Waals surface area contributed by atoms with Gasteiger partial charge in [-0.3, -0.25) is 0 Å². The van der Waals surface area contributed by atoms with Crippen molar-refractivity contribution in [2.75, 3.05) is 14.2 Å². The van der Waals surface area contributed by atoms with Gasteiger partial charge in [-0.15, -0.1) is 0 Å². The molecule has 0 saturated carbocycles. The molecule has 1 atom stereocenters. The molecule has 0 aliphatic heterocycles. The fraction of sp³-hybridized carbons (Fsp3) is 0.333. The van der Waals surface area contributed by atoms with Gasteiger partial charge < -0.3 is 14.8 Å². The third-order valence-corrected chi connectivity index (χ3v) is 3.58. The van der Waals surface area contributed by atoms with Crippen molar-refractivity contribution in [2.24, 2.45) is 0 Å². The highest BCUT2D eigenvalue weighted by Crippen LogP contribution is 2.31. The molecule has 0 radical (unpaired) electrons. The van der Waals surface area contributed by atoms with Crippen LogP contribution in [0.25, 0.3) is 0 Å². The number of methoxy groups -OCH3 is 1. The van der Waals surface area contributed by atoms with Crippen LogP contribution in [-0.2, 0) is 6.61 Å².